The van der Waals surface area contributed by atoms with Crippen LogP contribution >= 0.6 is 0 Å². The molecule has 16 heavy (non-hydrogen) atoms. The number of aryl methyl sites for hydroxylation is 1. The monoisotopic (exact) mass is 219 g/mol. The molecule has 0 aromatic heterocycles. The van der Waals surface area contributed by atoms with Crippen LogP contribution in [0.15, 0.2) is 42.5 Å². The summed E-state index contributed by atoms with van der Waals surface area (Å²) < 4.78 is 26.0. The zero-order valence-electron chi connectivity index (χ0n) is 8.80. The molecule has 0 unspecified atom stereocenters. The zero-order valence-corrected chi connectivity index (χ0v) is 8.80. The standard InChI is InChI=1S/C13H11F2N/c1-9-2-5-11(6-3-9)16-13-7-4-10(14)8-12(13)15/h2-8,16H,1H3. The first-order valence-corrected chi connectivity index (χ1v) is 4.94. The van der Waals surface area contributed by atoms with Gasteiger partial charge in [-0.3, -0.25) is 0 Å². The molecular weight excluding hydrogens is 208 g/mol. The number of hydrogen-bond acceptors (Lipinski definition) is 1. The van der Waals surface area contributed by atoms with Crippen LogP contribution in [-0.2, 0) is 0 Å². The highest BCUT2D eigenvalue weighted by Gasteiger charge is 2.03. The number of nitrogens with one attached hydrogen (secondary N) is 1. The summed E-state index contributed by atoms with van der Waals surface area (Å²) >= 11 is 0. The summed E-state index contributed by atoms with van der Waals surface area (Å²) in [7, 11) is 0. The summed E-state index contributed by atoms with van der Waals surface area (Å²) in [5.41, 5.74) is 2.17. The predicted molar refractivity (Wildman–Crippen MR) is 60.8 cm³/mol. The van der Waals surface area contributed by atoms with Crippen LogP contribution in [0, 0.1) is 18.6 Å². The molecule has 0 radical (unpaired) electrons. The molecule has 0 fully saturated rings. The third-order valence-electron chi connectivity index (χ3n) is 2.26. The number of anilines is 2. The van der Waals surface area contributed by atoms with Crippen LogP contribution < -0.4 is 5.32 Å². The van der Waals surface area contributed by atoms with Gasteiger partial charge in [-0.2, -0.15) is 0 Å². The van der Waals surface area contributed by atoms with Gasteiger partial charge < -0.3 is 5.32 Å². The highest BCUT2D eigenvalue weighted by atomic mass is 19.1. The van der Waals surface area contributed by atoms with E-state index < -0.39 is 11.6 Å². The lowest BCUT2D eigenvalue weighted by atomic mass is 10.2. The van der Waals surface area contributed by atoms with E-state index in [4.69, 9.17) is 0 Å². The summed E-state index contributed by atoms with van der Waals surface area (Å²) in [4.78, 5) is 0. The lowest BCUT2D eigenvalue weighted by Gasteiger charge is -2.07. The first-order valence-electron chi connectivity index (χ1n) is 4.94. The molecule has 0 amide bonds. The van der Waals surface area contributed by atoms with E-state index in [1.54, 1.807) is 0 Å². The van der Waals surface area contributed by atoms with Gasteiger partial charge >= 0.3 is 0 Å². The average molecular weight is 219 g/mol. The molecule has 1 nitrogen and oxygen atoms in total. The number of halogens is 2. The minimum atomic E-state index is -0.597. The van der Waals surface area contributed by atoms with Crippen LogP contribution in [0.1, 0.15) is 5.56 Å². The van der Waals surface area contributed by atoms with Crippen LogP contribution in [-0.4, -0.2) is 0 Å². The van der Waals surface area contributed by atoms with Crippen molar-refractivity contribution in [3.63, 3.8) is 0 Å². The summed E-state index contributed by atoms with van der Waals surface area (Å²) in [5.74, 6) is -1.17. The summed E-state index contributed by atoms with van der Waals surface area (Å²) in [6, 6.07) is 11.0. The smallest absolute Gasteiger partial charge is 0.149 e. The SMILES string of the molecule is Cc1ccc(Nc2ccc(F)cc2F)cc1. The van der Waals surface area contributed by atoms with E-state index in [0.717, 1.165) is 17.3 Å². The van der Waals surface area contributed by atoms with Crippen LogP contribution in [0.3, 0.4) is 0 Å². The third kappa shape index (κ3) is 2.37. The topological polar surface area (TPSA) is 12.0 Å². The molecule has 1 N–H and O–H groups in total. The van der Waals surface area contributed by atoms with E-state index in [2.05, 4.69) is 5.32 Å². The molecule has 0 aliphatic rings. The average Bonchev–Trinajstić information content (AvgIpc) is 2.25. The second-order valence-corrected chi connectivity index (χ2v) is 3.62. The highest BCUT2D eigenvalue weighted by molar-refractivity contribution is 5.60. The maximum absolute atomic E-state index is 13.3. The second-order valence-electron chi connectivity index (χ2n) is 3.62. The van der Waals surface area contributed by atoms with Crippen molar-refractivity contribution in [1.82, 2.24) is 0 Å². The molecular formula is C13H11F2N. The van der Waals surface area contributed by atoms with Gasteiger partial charge in [-0.05, 0) is 31.2 Å². The van der Waals surface area contributed by atoms with Gasteiger partial charge in [0.15, 0.2) is 0 Å². The lowest BCUT2D eigenvalue weighted by molar-refractivity contribution is 0.586. The molecule has 0 atom stereocenters. The number of benzene rings is 2. The van der Waals surface area contributed by atoms with Crippen molar-refractivity contribution in [2.24, 2.45) is 0 Å². The van der Waals surface area contributed by atoms with Crippen molar-refractivity contribution in [2.75, 3.05) is 5.32 Å². The normalized spacial score (nSPS) is 10.2. The van der Waals surface area contributed by atoms with Crippen LogP contribution in [0.4, 0.5) is 20.2 Å². The van der Waals surface area contributed by atoms with E-state index in [1.807, 2.05) is 31.2 Å². The molecule has 0 spiro atoms. The van der Waals surface area contributed by atoms with Crippen molar-refractivity contribution >= 4 is 11.4 Å². The fourth-order valence-corrected chi connectivity index (χ4v) is 1.38. The third-order valence-corrected chi connectivity index (χ3v) is 2.26. The van der Waals surface area contributed by atoms with Gasteiger partial charge in [-0.15, -0.1) is 0 Å². The van der Waals surface area contributed by atoms with Gasteiger partial charge in [0, 0.05) is 11.8 Å². The van der Waals surface area contributed by atoms with Gasteiger partial charge in [0.05, 0.1) is 5.69 Å². The second kappa shape index (κ2) is 4.31. The maximum atomic E-state index is 13.3. The Balaban J connectivity index is 2.23. The van der Waals surface area contributed by atoms with Crippen molar-refractivity contribution < 1.29 is 8.78 Å². The minimum Gasteiger partial charge on any atom is -0.353 e. The predicted octanol–water partition coefficient (Wildman–Crippen LogP) is 4.02. The van der Waals surface area contributed by atoms with Crippen molar-refractivity contribution in [3.8, 4) is 0 Å². The Bertz CT molecular complexity index is 492. The Morgan fingerprint density at radius 1 is 0.938 bits per heavy atom. The van der Waals surface area contributed by atoms with Gasteiger partial charge in [-0.1, -0.05) is 17.7 Å². The minimum absolute atomic E-state index is 0.269. The first kappa shape index (κ1) is 10.6. The number of hydrogen-bond donors (Lipinski definition) is 1. The van der Waals surface area contributed by atoms with E-state index in [1.165, 1.54) is 12.1 Å². The molecule has 2 aromatic rings. The van der Waals surface area contributed by atoms with E-state index in [9.17, 15) is 8.78 Å². The van der Waals surface area contributed by atoms with E-state index >= 15 is 0 Å². The molecule has 3 heteroatoms. The van der Waals surface area contributed by atoms with Crippen LogP contribution in [0.25, 0.3) is 0 Å². The molecule has 2 aromatic carbocycles. The molecule has 0 aliphatic heterocycles. The Kier molecular flexibility index (Phi) is 2.86. The first-order chi connectivity index (χ1) is 7.65. The molecule has 0 bridgehead atoms. The quantitative estimate of drug-likeness (QED) is 0.804. The lowest BCUT2D eigenvalue weighted by Crippen LogP contribution is -1.94. The van der Waals surface area contributed by atoms with E-state index in [0.29, 0.717) is 0 Å². The van der Waals surface area contributed by atoms with Crippen molar-refractivity contribution in [3.05, 3.63) is 59.7 Å². The Morgan fingerprint density at radius 3 is 2.25 bits per heavy atom. The fraction of sp³-hybridized carbons (Fsp3) is 0.0769. The fourth-order valence-electron chi connectivity index (χ4n) is 1.38. The largest absolute Gasteiger partial charge is 0.353 e. The Labute approximate surface area is 92.7 Å². The van der Waals surface area contributed by atoms with Gasteiger partial charge in [-0.25, -0.2) is 8.78 Å². The van der Waals surface area contributed by atoms with Gasteiger partial charge in [0.25, 0.3) is 0 Å². The van der Waals surface area contributed by atoms with Gasteiger partial charge in [0.2, 0.25) is 0 Å². The molecule has 0 heterocycles. The highest BCUT2D eigenvalue weighted by Crippen LogP contribution is 2.20. The Morgan fingerprint density at radius 2 is 1.62 bits per heavy atom. The molecule has 0 aliphatic carbocycles. The summed E-state index contributed by atoms with van der Waals surface area (Å²) in [5, 5.41) is 2.88. The maximum Gasteiger partial charge on any atom is 0.149 e. The molecule has 0 saturated carbocycles. The molecule has 0 saturated heterocycles. The van der Waals surface area contributed by atoms with Gasteiger partial charge in [0.1, 0.15) is 11.6 Å². The van der Waals surface area contributed by atoms with Crippen LogP contribution in [0.5, 0.6) is 0 Å². The Hall–Kier alpha value is -1.90. The summed E-state index contributed by atoms with van der Waals surface area (Å²) in [6.45, 7) is 1.97. The number of rotatable bonds is 2. The van der Waals surface area contributed by atoms with Crippen molar-refractivity contribution in [2.45, 2.75) is 6.92 Å². The summed E-state index contributed by atoms with van der Waals surface area (Å²) in [6.07, 6.45) is 0. The van der Waals surface area contributed by atoms with Crippen LogP contribution in [0.2, 0.25) is 0 Å². The van der Waals surface area contributed by atoms with E-state index in [-0.39, 0.29) is 5.69 Å². The molecule has 82 valence electrons. The molecule has 2 rings (SSSR count). The zero-order chi connectivity index (χ0) is 11.5. The van der Waals surface area contributed by atoms with Crippen molar-refractivity contribution in [1.29, 1.82) is 0 Å².